The molecule has 0 N–H and O–H groups in total. The van der Waals surface area contributed by atoms with Crippen LogP contribution in [0, 0.1) is 13.8 Å². The molecule has 0 fully saturated rings. The van der Waals surface area contributed by atoms with E-state index >= 15 is 0 Å². The van der Waals surface area contributed by atoms with E-state index in [1.807, 2.05) is 31.2 Å². The van der Waals surface area contributed by atoms with E-state index in [0.717, 1.165) is 5.56 Å². The third-order valence-electron chi connectivity index (χ3n) is 2.27. The molecule has 0 saturated heterocycles. The van der Waals surface area contributed by atoms with Crippen LogP contribution in [0.5, 0.6) is 0 Å². The first-order valence-electron chi connectivity index (χ1n) is 4.84. The van der Waals surface area contributed by atoms with Crippen LogP contribution in [0.2, 0.25) is 10.3 Å². The van der Waals surface area contributed by atoms with Crippen LogP contribution in [0.3, 0.4) is 0 Å². The van der Waals surface area contributed by atoms with Gasteiger partial charge in [-0.05, 0) is 19.4 Å². The first-order chi connectivity index (χ1) is 7.58. The Hall–Kier alpha value is -1.12. The van der Waals surface area contributed by atoms with Gasteiger partial charge in [-0.1, -0.05) is 53.0 Å². The second-order valence-corrected chi connectivity index (χ2v) is 4.31. The number of hydrogen-bond donors (Lipinski definition) is 0. The number of halogens is 2. The highest BCUT2D eigenvalue weighted by molar-refractivity contribution is 6.37. The number of aryl methyl sites for hydroxylation is 2. The molecule has 4 heteroatoms. The lowest BCUT2D eigenvalue weighted by Gasteiger charge is -2.07. The Morgan fingerprint density at radius 2 is 1.38 bits per heavy atom. The van der Waals surface area contributed by atoms with Crippen molar-refractivity contribution < 1.29 is 0 Å². The van der Waals surface area contributed by atoms with Crippen molar-refractivity contribution >= 4 is 23.2 Å². The normalized spacial score (nSPS) is 10.5. The summed E-state index contributed by atoms with van der Waals surface area (Å²) in [6.45, 7) is 3.79. The van der Waals surface area contributed by atoms with Gasteiger partial charge in [-0.3, -0.25) is 0 Å². The lowest BCUT2D eigenvalue weighted by atomic mass is 10.1. The van der Waals surface area contributed by atoms with Crippen LogP contribution in [-0.4, -0.2) is 9.97 Å². The van der Waals surface area contributed by atoms with Crippen molar-refractivity contribution in [2.45, 2.75) is 13.8 Å². The van der Waals surface area contributed by atoms with E-state index in [1.165, 1.54) is 5.56 Å². The van der Waals surface area contributed by atoms with Crippen molar-refractivity contribution in [3.8, 4) is 11.1 Å². The molecule has 0 atom stereocenters. The first kappa shape index (κ1) is 11.4. The van der Waals surface area contributed by atoms with Crippen LogP contribution < -0.4 is 0 Å². The molecule has 2 rings (SSSR count). The number of benzene rings is 1. The Morgan fingerprint density at radius 1 is 0.875 bits per heavy atom. The number of rotatable bonds is 1. The largest absolute Gasteiger partial charge is 0.221 e. The van der Waals surface area contributed by atoms with Crippen LogP contribution in [0.25, 0.3) is 11.1 Å². The second-order valence-electron chi connectivity index (χ2n) is 3.59. The zero-order chi connectivity index (χ0) is 11.7. The minimum absolute atomic E-state index is 0.390. The average molecular weight is 253 g/mol. The summed E-state index contributed by atoms with van der Waals surface area (Å²) in [4.78, 5) is 8.21. The average Bonchev–Trinajstić information content (AvgIpc) is 2.19. The Labute approximate surface area is 104 Å². The monoisotopic (exact) mass is 252 g/mol. The smallest absolute Gasteiger partial charge is 0.142 e. The van der Waals surface area contributed by atoms with Gasteiger partial charge in [0.1, 0.15) is 16.1 Å². The maximum atomic E-state index is 6.07. The van der Waals surface area contributed by atoms with E-state index in [9.17, 15) is 0 Å². The molecule has 2 nitrogen and oxygen atoms in total. The fourth-order valence-electron chi connectivity index (χ4n) is 1.46. The van der Waals surface area contributed by atoms with Gasteiger partial charge in [0.2, 0.25) is 0 Å². The third-order valence-corrected chi connectivity index (χ3v) is 2.82. The fraction of sp³-hybridized carbons (Fsp3) is 0.167. The maximum Gasteiger partial charge on any atom is 0.142 e. The number of aromatic nitrogens is 2. The fourth-order valence-corrected chi connectivity index (χ4v) is 2.15. The minimum atomic E-state index is 0.390. The van der Waals surface area contributed by atoms with Crippen LogP contribution >= 0.6 is 23.2 Å². The summed E-state index contributed by atoms with van der Waals surface area (Å²) >= 11 is 12.1. The highest BCUT2D eigenvalue weighted by Gasteiger charge is 2.11. The summed E-state index contributed by atoms with van der Waals surface area (Å²) in [5, 5.41) is 0.780. The minimum Gasteiger partial charge on any atom is -0.221 e. The summed E-state index contributed by atoms with van der Waals surface area (Å²) in [5.41, 5.74) is 2.80. The molecule has 16 heavy (non-hydrogen) atoms. The van der Waals surface area contributed by atoms with Crippen LogP contribution in [0.4, 0.5) is 0 Å². The van der Waals surface area contributed by atoms with Crippen LogP contribution in [0.1, 0.15) is 11.4 Å². The molecule has 0 spiro atoms. The lowest BCUT2D eigenvalue weighted by molar-refractivity contribution is 1.06. The zero-order valence-electron chi connectivity index (χ0n) is 8.96. The standard InChI is InChI=1S/C12H10Cl2N2/c1-7-3-5-9(6-4-7)10-11(13)15-8(2)16-12(10)14/h3-6H,1-2H3. The molecule has 0 radical (unpaired) electrons. The second kappa shape index (κ2) is 4.40. The lowest BCUT2D eigenvalue weighted by Crippen LogP contribution is -1.93. The predicted octanol–water partition coefficient (Wildman–Crippen LogP) is 4.07. The predicted molar refractivity (Wildman–Crippen MR) is 67.0 cm³/mol. The van der Waals surface area contributed by atoms with E-state index in [0.29, 0.717) is 21.7 Å². The summed E-state index contributed by atoms with van der Waals surface area (Å²) in [6.07, 6.45) is 0. The highest BCUT2D eigenvalue weighted by atomic mass is 35.5. The zero-order valence-corrected chi connectivity index (χ0v) is 10.5. The molecule has 0 amide bonds. The van der Waals surface area contributed by atoms with Gasteiger partial charge in [0.05, 0.1) is 5.56 Å². The molecular formula is C12H10Cl2N2. The van der Waals surface area contributed by atoms with E-state index < -0.39 is 0 Å². The molecule has 1 aromatic heterocycles. The first-order valence-corrected chi connectivity index (χ1v) is 5.60. The van der Waals surface area contributed by atoms with Gasteiger partial charge in [0.15, 0.2) is 0 Å². The third kappa shape index (κ3) is 2.18. The molecule has 0 saturated carbocycles. The molecule has 2 aromatic rings. The topological polar surface area (TPSA) is 25.8 Å². The van der Waals surface area contributed by atoms with E-state index in [4.69, 9.17) is 23.2 Å². The molecular weight excluding hydrogens is 243 g/mol. The summed E-state index contributed by atoms with van der Waals surface area (Å²) < 4.78 is 0. The van der Waals surface area contributed by atoms with Gasteiger partial charge in [-0.25, -0.2) is 9.97 Å². The van der Waals surface area contributed by atoms with Crippen LogP contribution in [0.15, 0.2) is 24.3 Å². The van der Waals surface area contributed by atoms with Crippen molar-refractivity contribution in [1.82, 2.24) is 9.97 Å². The molecule has 82 valence electrons. The van der Waals surface area contributed by atoms with E-state index in [1.54, 1.807) is 6.92 Å². The molecule has 0 aliphatic carbocycles. The van der Waals surface area contributed by atoms with Gasteiger partial charge < -0.3 is 0 Å². The van der Waals surface area contributed by atoms with Gasteiger partial charge in [-0.15, -0.1) is 0 Å². The van der Waals surface area contributed by atoms with E-state index in [-0.39, 0.29) is 0 Å². The van der Waals surface area contributed by atoms with Crippen LogP contribution in [-0.2, 0) is 0 Å². The molecule has 0 aliphatic heterocycles. The summed E-state index contributed by atoms with van der Waals surface area (Å²) in [5.74, 6) is 0.575. The van der Waals surface area contributed by atoms with Crippen molar-refractivity contribution in [2.75, 3.05) is 0 Å². The Kier molecular flexibility index (Phi) is 3.13. The summed E-state index contributed by atoms with van der Waals surface area (Å²) in [7, 11) is 0. The van der Waals surface area contributed by atoms with Crippen molar-refractivity contribution in [3.05, 3.63) is 46.0 Å². The molecule has 0 aliphatic rings. The molecule has 1 aromatic carbocycles. The Bertz CT molecular complexity index is 498. The van der Waals surface area contributed by atoms with Crippen molar-refractivity contribution in [3.63, 3.8) is 0 Å². The Balaban J connectivity index is 2.60. The Morgan fingerprint density at radius 3 is 1.88 bits per heavy atom. The molecule has 0 unspecified atom stereocenters. The van der Waals surface area contributed by atoms with Gasteiger partial charge >= 0.3 is 0 Å². The molecule has 0 bridgehead atoms. The quantitative estimate of drug-likeness (QED) is 0.716. The SMILES string of the molecule is Cc1ccc(-c2c(Cl)nc(C)nc2Cl)cc1. The summed E-state index contributed by atoms with van der Waals surface area (Å²) in [6, 6.07) is 7.92. The van der Waals surface area contributed by atoms with Gasteiger partial charge in [-0.2, -0.15) is 0 Å². The van der Waals surface area contributed by atoms with Crippen molar-refractivity contribution in [1.29, 1.82) is 0 Å². The number of nitrogens with zero attached hydrogens (tertiary/aromatic N) is 2. The van der Waals surface area contributed by atoms with Gasteiger partial charge in [0.25, 0.3) is 0 Å². The van der Waals surface area contributed by atoms with Gasteiger partial charge in [0, 0.05) is 0 Å². The number of hydrogen-bond acceptors (Lipinski definition) is 2. The maximum absolute atomic E-state index is 6.07. The highest BCUT2D eigenvalue weighted by Crippen LogP contribution is 2.32. The molecule has 1 heterocycles. The van der Waals surface area contributed by atoms with Crippen molar-refractivity contribution in [2.24, 2.45) is 0 Å². The van der Waals surface area contributed by atoms with E-state index in [2.05, 4.69) is 9.97 Å².